The summed E-state index contributed by atoms with van der Waals surface area (Å²) in [6.45, 7) is -0.115. The first kappa shape index (κ1) is 12.1. The molecule has 13 heavy (non-hydrogen) atoms. The van der Waals surface area contributed by atoms with Crippen molar-refractivity contribution >= 4 is 6.47 Å². The number of rotatable bonds is 10. The molecule has 0 aliphatic heterocycles. The summed E-state index contributed by atoms with van der Waals surface area (Å²) in [7, 11) is 0. The summed E-state index contributed by atoms with van der Waals surface area (Å²) in [6, 6.07) is 0. The van der Waals surface area contributed by atoms with Crippen molar-refractivity contribution in [3.8, 4) is 0 Å². The lowest BCUT2D eigenvalue weighted by Crippen LogP contribution is -2.02. The Morgan fingerprint density at radius 3 is 1.69 bits per heavy atom. The standard InChI is InChI=1S/CH2O12/c2-1-4-6-8-10-12-13-11-9-7-5-3/h1,3H. The molecular formula is CH2O12. The highest BCUT2D eigenvalue weighted by atomic mass is 17.9. The largest absolute Gasteiger partial charge is 0.334 e. The highest BCUT2D eigenvalue weighted by Gasteiger charge is 1.95. The van der Waals surface area contributed by atoms with E-state index >= 15 is 0 Å². The van der Waals surface area contributed by atoms with E-state index in [1.54, 1.807) is 0 Å². The molecule has 0 rings (SSSR count). The Morgan fingerprint density at radius 2 is 1.23 bits per heavy atom. The fraction of sp³-hybridized carbons (Fsp3) is 0. The highest BCUT2D eigenvalue weighted by Crippen LogP contribution is 1.88. The van der Waals surface area contributed by atoms with Crippen LogP contribution in [0.5, 0.6) is 0 Å². The zero-order valence-electron chi connectivity index (χ0n) is 5.52. The van der Waals surface area contributed by atoms with Crippen molar-refractivity contribution in [1.29, 1.82) is 0 Å². The lowest BCUT2D eigenvalue weighted by molar-refractivity contribution is -0.852. The molecule has 0 saturated carbocycles. The summed E-state index contributed by atoms with van der Waals surface area (Å²) in [4.78, 5) is 12.8. The number of hydrogen-bond donors (Lipinski definition) is 1. The van der Waals surface area contributed by atoms with Crippen molar-refractivity contribution in [2.24, 2.45) is 0 Å². The Hall–Kier alpha value is -0.930. The first-order chi connectivity index (χ1) is 6.41. The van der Waals surface area contributed by atoms with E-state index in [0.717, 1.165) is 0 Å². The number of hydrogen-bond acceptors (Lipinski definition) is 12. The van der Waals surface area contributed by atoms with Gasteiger partial charge in [0.2, 0.25) is 0 Å². The molecule has 0 amide bonds. The SMILES string of the molecule is O=COOOOOOOOOOO. The molecule has 0 unspecified atom stereocenters. The van der Waals surface area contributed by atoms with E-state index in [9.17, 15) is 4.79 Å². The Kier molecular flexibility index (Phi) is 10.3. The lowest BCUT2D eigenvalue weighted by Gasteiger charge is -1.95. The van der Waals surface area contributed by atoms with E-state index in [0.29, 0.717) is 0 Å². The maximum absolute atomic E-state index is 9.36. The van der Waals surface area contributed by atoms with Gasteiger partial charge < -0.3 is 0 Å². The van der Waals surface area contributed by atoms with Crippen LogP contribution in [0.3, 0.4) is 0 Å². The van der Waals surface area contributed by atoms with Crippen LogP contribution in [0, 0.1) is 0 Å². The lowest BCUT2D eigenvalue weighted by atomic mass is 11.7. The second kappa shape index (κ2) is 11.1. The van der Waals surface area contributed by atoms with Crippen LogP contribution >= 0.6 is 0 Å². The van der Waals surface area contributed by atoms with Crippen molar-refractivity contribution in [1.82, 2.24) is 0 Å². The minimum atomic E-state index is -0.115. The van der Waals surface area contributed by atoms with Crippen molar-refractivity contribution in [2.45, 2.75) is 0 Å². The van der Waals surface area contributed by atoms with Gasteiger partial charge in [0, 0.05) is 25.2 Å². The van der Waals surface area contributed by atoms with Gasteiger partial charge in [-0.15, -0.1) is 0 Å². The molecule has 0 fully saturated rings. The van der Waals surface area contributed by atoms with E-state index in [4.69, 9.17) is 5.26 Å². The van der Waals surface area contributed by atoms with Crippen LogP contribution in [-0.4, -0.2) is 11.7 Å². The summed E-state index contributed by atoms with van der Waals surface area (Å²) >= 11 is 0. The average Bonchev–Trinajstić information content (AvgIpc) is 2.16. The molecule has 0 saturated heterocycles. The summed E-state index contributed by atoms with van der Waals surface area (Å²) in [6.07, 6.45) is 0. The third-order valence-electron chi connectivity index (χ3n) is 0.303. The fourth-order valence-corrected chi connectivity index (χ4v) is 0.113. The van der Waals surface area contributed by atoms with Crippen LogP contribution < -0.4 is 0 Å². The zero-order chi connectivity index (χ0) is 9.78. The molecule has 0 aliphatic carbocycles. The normalized spacial score (nSPS) is 9.92. The number of carbonyl (C=O) groups excluding carboxylic acids is 1. The van der Waals surface area contributed by atoms with Crippen LogP contribution in [0.1, 0.15) is 0 Å². The molecule has 0 aromatic rings. The summed E-state index contributed by atoms with van der Waals surface area (Å²) in [5, 5.41) is 37.3. The zero-order valence-corrected chi connectivity index (χ0v) is 5.52. The van der Waals surface area contributed by atoms with Gasteiger partial charge in [-0.2, -0.15) is 0 Å². The minimum Gasteiger partial charge on any atom is -0.270 e. The topological polar surface area (TPSA) is 130 Å². The van der Waals surface area contributed by atoms with Crippen molar-refractivity contribution in [2.75, 3.05) is 0 Å². The van der Waals surface area contributed by atoms with Crippen LogP contribution in [0.4, 0.5) is 0 Å². The first-order valence-corrected chi connectivity index (χ1v) is 2.15. The molecule has 12 heteroatoms. The smallest absolute Gasteiger partial charge is 0.270 e. The molecule has 0 atom stereocenters. The molecule has 0 radical (unpaired) electrons. The molecular weight excluding hydrogens is 204 g/mol. The van der Waals surface area contributed by atoms with Gasteiger partial charge in [-0.05, 0) is 20.2 Å². The second-order valence-corrected chi connectivity index (χ2v) is 0.811. The van der Waals surface area contributed by atoms with E-state index in [1.165, 1.54) is 0 Å². The molecule has 0 aromatic carbocycles. The predicted molar refractivity (Wildman–Crippen MR) is 19.5 cm³/mol. The van der Waals surface area contributed by atoms with Gasteiger partial charge in [-0.1, -0.05) is 0 Å². The molecule has 0 aliphatic rings. The van der Waals surface area contributed by atoms with Crippen LogP contribution in [0.25, 0.3) is 0 Å². The molecule has 0 aromatic heterocycles. The molecule has 0 spiro atoms. The summed E-state index contributed by atoms with van der Waals surface area (Å²) < 4.78 is 0. The Balaban J connectivity index is 2.79. The van der Waals surface area contributed by atoms with Gasteiger partial charge in [0.05, 0.1) is 0 Å². The summed E-state index contributed by atoms with van der Waals surface area (Å²) in [5.74, 6) is 0. The third kappa shape index (κ3) is 11.1. The Morgan fingerprint density at radius 1 is 0.769 bits per heavy atom. The number of carbonyl (C=O) groups is 1. The van der Waals surface area contributed by atoms with E-state index < -0.39 is 0 Å². The average molecular weight is 206 g/mol. The van der Waals surface area contributed by atoms with Crippen molar-refractivity contribution in [3.05, 3.63) is 0 Å². The van der Waals surface area contributed by atoms with Crippen molar-refractivity contribution in [3.63, 3.8) is 0 Å². The minimum absolute atomic E-state index is 0.115. The quantitative estimate of drug-likeness (QED) is 0.204. The van der Waals surface area contributed by atoms with E-state index in [1.807, 2.05) is 0 Å². The Bertz CT molecular complexity index is 99.3. The predicted octanol–water partition coefficient (Wildman–Crippen LogP) is -0.983. The van der Waals surface area contributed by atoms with E-state index in [-0.39, 0.29) is 6.47 Å². The van der Waals surface area contributed by atoms with Gasteiger partial charge in [0.1, 0.15) is 0 Å². The van der Waals surface area contributed by atoms with Gasteiger partial charge in [0.25, 0.3) is 0 Å². The second-order valence-electron chi connectivity index (χ2n) is 0.811. The van der Waals surface area contributed by atoms with Gasteiger partial charge in [0.15, 0.2) is 0 Å². The molecule has 78 valence electrons. The molecule has 0 heterocycles. The third-order valence-corrected chi connectivity index (χ3v) is 0.303. The molecule has 12 nitrogen and oxygen atoms in total. The van der Waals surface area contributed by atoms with Crippen molar-refractivity contribution < 1.29 is 60.3 Å². The van der Waals surface area contributed by atoms with Crippen LogP contribution in [-0.2, 0) is 55.0 Å². The monoisotopic (exact) mass is 206 g/mol. The maximum Gasteiger partial charge on any atom is 0.334 e. The Labute approximate surface area is 68.1 Å². The maximum atomic E-state index is 9.36. The first-order valence-electron chi connectivity index (χ1n) is 2.15. The highest BCUT2D eigenvalue weighted by molar-refractivity contribution is 5.35. The van der Waals surface area contributed by atoms with Gasteiger partial charge in [-0.3, -0.25) is 9.68 Å². The van der Waals surface area contributed by atoms with E-state index in [2.05, 4.69) is 50.2 Å². The molecule has 0 bridgehead atoms. The van der Waals surface area contributed by atoms with Gasteiger partial charge in [-0.25, -0.2) is 5.26 Å². The molecule has 1 N–H and O–H groups in total. The fourth-order valence-electron chi connectivity index (χ4n) is 0.113. The van der Waals surface area contributed by atoms with Gasteiger partial charge >= 0.3 is 6.47 Å². The summed E-state index contributed by atoms with van der Waals surface area (Å²) in [5.41, 5.74) is 0. The van der Waals surface area contributed by atoms with Crippen LogP contribution in [0.2, 0.25) is 0 Å². The van der Waals surface area contributed by atoms with Crippen LogP contribution in [0.15, 0.2) is 0 Å².